The van der Waals surface area contributed by atoms with Crippen molar-refractivity contribution in [1.82, 2.24) is 19.7 Å². The highest BCUT2D eigenvalue weighted by molar-refractivity contribution is 7.90. The van der Waals surface area contributed by atoms with Crippen molar-refractivity contribution in [1.29, 1.82) is 0 Å². The van der Waals surface area contributed by atoms with Crippen LogP contribution in [0.15, 0.2) is 6.20 Å². The largest absolute Gasteiger partial charge is 0.252 e. The summed E-state index contributed by atoms with van der Waals surface area (Å²) in [6, 6.07) is 0. The molecule has 1 aromatic heterocycles. The fourth-order valence-electron chi connectivity index (χ4n) is 3.09. The molecule has 0 bridgehead atoms. The van der Waals surface area contributed by atoms with Crippen LogP contribution >= 0.6 is 0 Å². The Balaban J connectivity index is 1.49. The Kier molecular flexibility index (Phi) is 4.29. The van der Waals surface area contributed by atoms with Crippen LogP contribution in [0.5, 0.6) is 0 Å². The molecule has 1 N–H and O–H groups in total. The highest BCUT2D eigenvalue weighted by Crippen LogP contribution is 2.38. The summed E-state index contributed by atoms with van der Waals surface area (Å²) in [5.74, 6) is 0.658. The molecule has 0 saturated heterocycles. The maximum absolute atomic E-state index is 11.8. The summed E-state index contributed by atoms with van der Waals surface area (Å²) in [5.41, 5.74) is 1.17. The zero-order chi connectivity index (χ0) is 15.8. The van der Waals surface area contributed by atoms with Gasteiger partial charge in [0.1, 0.15) is 0 Å². The lowest BCUT2D eigenvalue weighted by molar-refractivity contribution is 0.175. The van der Waals surface area contributed by atoms with Gasteiger partial charge in [0.25, 0.3) is 0 Å². The minimum absolute atomic E-state index is 0.187. The van der Waals surface area contributed by atoms with Gasteiger partial charge in [-0.1, -0.05) is 19.1 Å². The lowest BCUT2D eigenvalue weighted by Crippen LogP contribution is -2.26. The van der Waals surface area contributed by atoms with E-state index in [1.54, 1.807) is 0 Å². The number of aromatic nitrogens is 3. The van der Waals surface area contributed by atoms with Crippen molar-refractivity contribution in [3.8, 4) is 0 Å². The molecule has 2 aliphatic carbocycles. The highest BCUT2D eigenvalue weighted by Gasteiger charge is 2.35. The van der Waals surface area contributed by atoms with Crippen LogP contribution in [0.1, 0.15) is 58.1 Å². The van der Waals surface area contributed by atoms with Crippen molar-refractivity contribution >= 4 is 10.0 Å². The van der Waals surface area contributed by atoms with Crippen LogP contribution in [0.4, 0.5) is 0 Å². The third-order valence-electron chi connectivity index (χ3n) is 4.91. The molecule has 2 saturated carbocycles. The van der Waals surface area contributed by atoms with Crippen molar-refractivity contribution in [3.63, 3.8) is 0 Å². The fourth-order valence-corrected chi connectivity index (χ4v) is 4.43. The number of hydrogen-bond acceptors (Lipinski definition) is 4. The molecule has 0 unspecified atom stereocenters. The Hall–Kier alpha value is -0.950. The van der Waals surface area contributed by atoms with Crippen molar-refractivity contribution in [2.75, 3.05) is 0 Å². The van der Waals surface area contributed by atoms with Crippen molar-refractivity contribution < 1.29 is 8.42 Å². The van der Waals surface area contributed by atoms with Gasteiger partial charge in [0.15, 0.2) is 0 Å². The third-order valence-corrected chi connectivity index (χ3v) is 6.80. The van der Waals surface area contributed by atoms with Gasteiger partial charge in [-0.05, 0) is 49.9 Å². The van der Waals surface area contributed by atoms with Gasteiger partial charge in [-0.3, -0.25) is 4.68 Å². The Morgan fingerprint density at radius 2 is 1.95 bits per heavy atom. The van der Waals surface area contributed by atoms with Gasteiger partial charge in [0.05, 0.1) is 17.5 Å². The molecular formula is C15H26N4O2S. The van der Waals surface area contributed by atoms with Gasteiger partial charge in [-0.25, -0.2) is 13.1 Å². The van der Waals surface area contributed by atoms with Crippen LogP contribution < -0.4 is 4.72 Å². The average Bonchev–Trinajstić information content (AvgIpc) is 3.22. The maximum atomic E-state index is 11.8. The predicted octanol–water partition coefficient (Wildman–Crippen LogP) is 2.08. The quantitative estimate of drug-likeness (QED) is 0.868. The number of sulfonamides is 1. The topological polar surface area (TPSA) is 76.9 Å². The van der Waals surface area contributed by atoms with Gasteiger partial charge in [0, 0.05) is 12.7 Å². The smallest absolute Gasteiger partial charge is 0.214 e. The molecule has 0 radical (unpaired) electrons. The van der Waals surface area contributed by atoms with Crippen LogP contribution in [0.25, 0.3) is 0 Å². The molecule has 22 heavy (non-hydrogen) atoms. The van der Waals surface area contributed by atoms with Gasteiger partial charge < -0.3 is 0 Å². The standard InChI is InChI=1S/C15H26N4O2S/c1-15(2)7-5-12(6-8-15)10-19-11-13(17-18-19)9-16-22(20,21)14-3-4-14/h11-12,14,16H,3-10H2,1-2H3. The second-order valence-corrected chi connectivity index (χ2v) is 9.65. The van der Waals surface area contributed by atoms with E-state index in [-0.39, 0.29) is 11.8 Å². The van der Waals surface area contributed by atoms with E-state index in [4.69, 9.17) is 0 Å². The Morgan fingerprint density at radius 1 is 1.27 bits per heavy atom. The molecule has 124 valence electrons. The zero-order valence-electron chi connectivity index (χ0n) is 13.5. The van der Waals surface area contributed by atoms with Gasteiger partial charge >= 0.3 is 0 Å². The summed E-state index contributed by atoms with van der Waals surface area (Å²) in [6.45, 7) is 5.81. The highest BCUT2D eigenvalue weighted by atomic mass is 32.2. The normalized spacial score (nSPS) is 22.8. The van der Waals surface area contributed by atoms with E-state index in [1.807, 2.05) is 10.9 Å². The van der Waals surface area contributed by atoms with E-state index in [1.165, 1.54) is 25.7 Å². The van der Waals surface area contributed by atoms with E-state index in [0.29, 0.717) is 17.0 Å². The first-order chi connectivity index (χ1) is 10.3. The van der Waals surface area contributed by atoms with Crippen LogP contribution in [-0.4, -0.2) is 28.7 Å². The van der Waals surface area contributed by atoms with E-state index < -0.39 is 10.0 Å². The molecule has 0 spiro atoms. The summed E-state index contributed by atoms with van der Waals surface area (Å²) < 4.78 is 28.1. The minimum Gasteiger partial charge on any atom is -0.252 e. The summed E-state index contributed by atoms with van der Waals surface area (Å²) in [6.07, 6.45) is 8.42. The van der Waals surface area contributed by atoms with E-state index in [9.17, 15) is 8.42 Å². The number of nitrogens with zero attached hydrogens (tertiary/aromatic N) is 3. The van der Waals surface area contributed by atoms with Crippen LogP contribution in [-0.2, 0) is 23.1 Å². The summed E-state index contributed by atoms with van der Waals surface area (Å²) in [5, 5.41) is 8.03. The van der Waals surface area contributed by atoms with Crippen LogP contribution in [0.3, 0.4) is 0 Å². The van der Waals surface area contributed by atoms with Crippen molar-refractivity contribution in [3.05, 3.63) is 11.9 Å². The summed E-state index contributed by atoms with van der Waals surface area (Å²) >= 11 is 0. The second kappa shape index (κ2) is 5.92. The molecule has 2 fully saturated rings. The molecule has 2 aliphatic rings. The maximum Gasteiger partial charge on any atom is 0.214 e. The van der Waals surface area contributed by atoms with E-state index in [2.05, 4.69) is 28.9 Å². The monoisotopic (exact) mass is 326 g/mol. The second-order valence-electron chi connectivity index (χ2n) is 7.60. The lowest BCUT2D eigenvalue weighted by Gasteiger charge is -2.34. The van der Waals surface area contributed by atoms with Gasteiger partial charge in [0.2, 0.25) is 10.0 Å². The molecule has 0 atom stereocenters. The van der Waals surface area contributed by atoms with E-state index >= 15 is 0 Å². The minimum atomic E-state index is -3.14. The van der Waals surface area contributed by atoms with Gasteiger partial charge in [-0.2, -0.15) is 0 Å². The number of hydrogen-bond donors (Lipinski definition) is 1. The molecule has 0 amide bonds. The Morgan fingerprint density at radius 3 is 2.59 bits per heavy atom. The predicted molar refractivity (Wildman–Crippen MR) is 84.5 cm³/mol. The Labute approximate surface area is 132 Å². The molecule has 1 aromatic rings. The average molecular weight is 326 g/mol. The van der Waals surface area contributed by atoms with E-state index in [0.717, 1.165) is 19.4 Å². The van der Waals surface area contributed by atoms with Crippen LogP contribution in [0.2, 0.25) is 0 Å². The first-order valence-corrected chi connectivity index (χ1v) is 9.76. The molecule has 0 aliphatic heterocycles. The first kappa shape index (κ1) is 15.9. The van der Waals surface area contributed by atoms with Gasteiger partial charge in [-0.15, -0.1) is 5.10 Å². The summed E-state index contributed by atoms with van der Waals surface area (Å²) in [4.78, 5) is 0. The molecule has 0 aromatic carbocycles. The summed E-state index contributed by atoms with van der Waals surface area (Å²) in [7, 11) is -3.14. The molecule has 3 rings (SSSR count). The van der Waals surface area contributed by atoms with Crippen LogP contribution in [0, 0.1) is 11.3 Å². The lowest BCUT2D eigenvalue weighted by atomic mass is 9.73. The molecule has 1 heterocycles. The Bertz CT molecular complexity index is 609. The van der Waals surface area contributed by atoms with Crippen molar-refractivity contribution in [2.24, 2.45) is 11.3 Å². The molecule has 6 nitrogen and oxygen atoms in total. The van der Waals surface area contributed by atoms with Crippen molar-refractivity contribution in [2.45, 2.75) is 70.7 Å². The SMILES string of the molecule is CC1(C)CCC(Cn2cc(CNS(=O)(=O)C3CC3)nn2)CC1. The first-order valence-electron chi connectivity index (χ1n) is 8.22. The molecule has 7 heteroatoms. The fraction of sp³-hybridized carbons (Fsp3) is 0.867. The third kappa shape index (κ3) is 4.07. The molecular weight excluding hydrogens is 300 g/mol. The number of rotatable bonds is 6. The zero-order valence-corrected chi connectivity index (χ0v) is 14.3. The number of nitrogens with one attached hydrogen (secondary N) is 1.